The molecule has 3 unspecified atom stereocenters. The topological polar surface area (TPSA) is 35.6 Å². The zero-order valence-corrected chi connectivity index (χ0v) is 14.5. The van der Waals surface area contributed by atoms with Crippen molar-refractivity contribution in [3.8, 4) is 0 Å². The molecule has 0 aromatic carbocycles. The van der Waals surface area contributed by atoms with Crippen molar-refractivity contribution in [3.63, 3.8) is 0 Å². The van der Waals surface area contributed by atoms with E-state index in [1.165, 1.54) is 4.88 Å². The molecule has 1 aromatic rings. The molecule has 4 nitrogen and oxygen atoms in total. The molecule has 0 saturated carbocycles. The SMILES string of the molecule is CC(C)CC1NC(c2cccs2)N(C(C)CN(C)C)C1=O. The highest BCUT2D eigenvalue weighted by molar-refractivity contribution is 7.10. The van der Waals surface area contributed by atoms with Crippen LogP contribution < -0.4 is 5.32 Å². The van der Waals surface area contributed by atoms with Crippen molar-refractivity contribution in [1.82, 2.24) is 15.1 Å². The Morgan fingerprint density at radius 1 is 1.38 bits per heavy atom. The van der Waals surface area contributed by atoms with E-state index in [4.69, 9.17) is 0 Å². The van der Waals surface area contributed by atoms with Gasteiger partial charge in [-0.2, -0.15) is 0 Å². The first kappa shape index (κ1) is 16.5. The molecule has 1 aliphatic heterocycles. The summed E-state index contributed by atoms with van der Waals surface area (Å²) in [7, 11) is 4.10. The monoisotopic (exact) mass is 309 g/mol. The Bertz CT molecular complexity index is 458. The summed E-state index contributed by atoms with van der Waals surface area (Å²) in [5.41, 5.74) is 0. The predicted octanol–water partition coefficient (Wildman–Crippen LogP) is 2.54. The van der Waals surface area contributed by atoms with Gasteiger partial charge in [0, 0.05) is 17.5 Å². The van der Waals surface area contributed by atoms with Gasteiger partial charge in [0.1, 0.15) is 6.17 Å². The molecule has 118 valence electrons. The zero-order chi connectivity index (χ0) is 15.6. The second kappa shape index (κ2) is 6.90. The zero-order valence-electron chi connectivity index (χ0n) is 13.7. The third-order valence-electron chi connectivity index (χ3n) is 3.81. The standard InChI is InChI=1S/C16H27N3OS/c1-11(2)9-13-16(20)19(12(3)10-18(4)5)15(17-13)14-7-6-8-21-14/h6-8,11-13,15,17H,9-10H2,1-5H3. The Morgan fingerprint density at radius 3 is 2.62 bits per heavy atom. The van der Waals surface area contributed by atoms with E-state index in [0.29, 0.717) is 5.92 Å². The lowest BCUT2D eigenvalue weighted by atomic mass is 10.0. The Labute approximate surface area is 132 Å². The third-order valence-corrected chi connectivity index (χ3v) is 4.74. The summed E-state index contributed by atoms with van der Waals surface area (Å²) < 4.78 is 0. The molecule has 1 N–H and O–H groups in total. The molecular formula is C16H27N3OS. The highest BCUT2D eigenvalue weighted by Crippen LogP contribution is 2.32. The minimum absolute atomic E-state index is 0.0243. The molecule has 1 saturated heterocycles. The van der Waals surface area contributed by atoms with Crippen molar-refractivity contribution in [2.24, 2.45) is 5.92 Å². The summed E-state index contributed by atoms with van der Waals surface area (Å²) in [6.07, 6.45) is 0.919. The molecule has 0 bridgehead atoms. The van der Waals surface area contributed by atoms with Crippen LogP contribution in [0.3, 0.4) is 0 Å². The number of nitrogens with zero attached hydrogens (tertiary/aromatic N) is 2. The number of hydrogen-bond acceptors (Lipinski definition) is 4. The summed E-state index contributed by atoms with van der Waals surface area (Å²) in [4.78, 5) is 18.2. The number of likely N-dealkylation sites (N-methyl/N-ethyl adjacent to an activating group) is 1. The first-order chi connectivity index (χ1) is 9.90. The highest BCUT2D eigenvalue weighted by Gasteiger charge is 2.42. The maximum Gasteiger partial charge on any atom is 0.241 e. The van der Waals surface area contributed by atoms with Gasteiger partial charge in [-0.1, -0.05) is 19.9 Å². The van der Waals surface area contributed by atoms with Crippen molar-refractivity contribution in [2.45, 2.75) is 45.4 Å². The van der Waals surface area contributed by atoms with Crippen molar-refractivity contribution in [1.29, 1.82) is 0 Å². The van der Waals surface area contributed by atoms with Gasteiger partial charge in [0.05, 0.1) is 6.04 Å². The molecule has 21 heavy (non-hydrogen) atoms. The lowest BCUT2D eigenvalue weighted by Crippen LogP contribution is -2.43. The van der Waals surface area contributed by atoms with Crippen LogP contribution in [0.1, 0.15) is 38.2 Å². The quantitative estimate of drug-likeness (QED) is 0.877. The lowest BCUT2D eigenvalue weighted by molar-refractivity contribution is -0.132. The third kappa shape index (κ3) is 3.84. The molecule has 3 atom stereocenters. The summed E-state index contributed by atoms with van der Waals surface area (Å²) >= 11 is 1.71. The molecule has 1 fully saturated rings. The van der Waals surface area contributed by atoms with Crippen LogP contribution in [-0.4, -0.2) is 48.4 Å². The fourth-order valence-electron chi connectivity index (χ4n) is 3.04. The van der Waals surface area contributed by atoms with Gasteiger partial charge in [-0.3, -0.25) is 10.1 Å². The molecule has 5 heteroatoms. The molecule has 0 aliphatic carbocycles. The van der Waals surface area contributed by atoms with Gasteiger partial charge in [-0.15, -0.1) is 11.3 Å². The van der Waals surface area contributed by atoms with Gasteiger partial charge >= 0.3 is 0 Å². The van der Waals surface area contributed by atoms with Gasteiger partial charge in [0.2, 0.25) is 5.91 Å². The average Bonchev–Trinajstić information content (AvgIpc) is 2.96. The highest BCUT2D eigenvalue weighted by atomic mass is 32.1. The van der Waals surface area contributed by atoms with Gasteiger partial charge in [-0.05, 0) is 44.8 Å². The normalized spacial score (nSPS) is 24.3. The van der Waals surface area contributed by atoms with E-state index in [2.05, 4.69) is 62.6 Å². The van der Waals surface area contributed by atoms with Crippen LogP contribution in [0.4, 0.5) is 0 Å². The van der Waals surface area contributed by atoms with Gasteiger partial charge < -0.3 is 9.80 Å². The Morgan fingerprint density at radius 2 is 2.10 bits per heavy atom. The largest absolute Gasteiger partial charge is 0.317 e. The minimum atomic E-state index is -0.0540. The van der Waals surface area contributed by atoms with Crippen LogP contribution in [0, 0.1) is 5.92 Å². The smallest absolute Gasteiger partial charge is 0.241 e. The van der Waals surface area contributed by atoms with E-state index in [9.17, 15) is 4.79 Å². The molecule has 1 aromatic heterocycles. The van der Waals surface area contributed by atoms with Crippen molar-refractivity contribution >= 4 is 17.2 Å². The molecule has 2 heterocycles. The van der Waals surface area contributed by atoms with E-state index in [1.54, 1.807) is 11.3 Å². The van der Waals surface area contributed by atoms with Crippen LogP contribution >= 0.6 is 11.3 Å². The van der Waals surface area contributed by atoms with E-state index >= 15 is 0 Å². The Balaban J connectivity index is 2.21. The fraction of sp³-hybridized carbons (Fsp3) is 0.688. The van der Waals surface area contributed by atoms with E-state index in [0.717, 1.165) is 13.0 Å². The van der Waals surface area contributed by atoms with E-state index < -0.39 is 0 Å². The fourth-order valence-corrected chi connectivity index (χ4v) is 3.83. The van der Waals surface area contributed by atoms with Crippen LogP contribution in [-0.2, 0) is 4.79 Å². The van der Waals surface area contributed by atoms with Crippen LogP contribution in [0.5, 0.6) is 0 Å². The minimum Gasteiger partial charge on any atom is -0.317 e. The second-order valence-corrected chi connectivity index (χ2v) is 7.60. The second-order valence-electron chi connectivity index (χ2n) is 6.62. The van der Waals surface area contributed by atoms with Crippen molar-refractivity contribution in [2.75, 3.05) is 20.6 Å². The first-order valence-electron chi connectivity index (χ1n) is 7.66. The summed E-state index contributed by atoms with van der Waals surface area (Å²) in [6.45, 7) is 7.35. The molecule has 1 amide bonds. The number of hydrogen-bond donors (Lipinski definition) is 1. The van der Waals surface area contributed by atoms with Gasteiger partial charge in [-0.25, -0.2) is 0 Å². The first-order valence-corrected chi connectivity index (χ1v) is 8.54. The lowest BCUT2D eigenvalue weighted by Gasteiger charge is -2.31. The van der Waals surface area contributed by atoms with E-state index in [-0.39, 0.29) is 24.2 Å². The predicted molar refractivity (Wildman–Crippen MR) is 88.3 cm³/mol. The van der Waals surface area contributed by atoms with Crippen LogP contribution in [0.25, 0.3) is 0 Å². The van der Waals surface area contributed by atoms with Crippen LogP contribution in [0.15, 0.2) is 17.5 Å². The van der Waals surface area contributed by atoms with Gasteiger partial charge in [0.25, 0.3) is 0 Å². The molecule has 0 radical (unpaired) electrons. The van der Waals surface area contributed by atoms with Crippen molar-refractivity contribution < 1.29 is 4.79 Å². The number of thiophene rings is 1. The number of rotatable bonds is 6. The Kier molecular flexibility index (Phi) is 5.41. The van der Waals surface area contributed by atoms with E-state index in [1.807, 2.05) is 4.90 Å². The molecular weight excluding hydrogens is 282 g/mol. The van der Waals surface area contributed by atoms with Crippen LogP contribution in [0.2, 0.25) is 0 Å². The number of carbonyl (C=O) groups is 1. The average molecular weight is 309 g/mol. The molecule has 0 spiro atoms. The molecule has 1 aliphatic rings. The summed E-state index contributed by atoms with van der Waals surface area (Å²) in [5, 5.41) is 5.62. The summed E-state index contributed by atoms with van der Waals surface area (Å²) in [5.74, 6) is 0.760. The maximum atomic E-state index is 12.8. The van der Waals surface area contributed by atoms with Gasteiger partial charge in [0.15, 0.2) is 0 Å². The van der Waals surface area contributed by atoms with Crippen molar-refractivity contribution in [3.05, 3.63) is 22.4 Å². The number of amides is 1. The number of nitrogens with one attached hydrogen (secondary N) is 1. The maximum absolute atomic E-state index is 12.8. The number of carbonyl (C=O) groups excluding carboxylic acids is 1. The Hall–Kier alpha value is -0.910. The summed E-state index contributed by atoms with van der Waals surface area (Å²) in [6, 6.07) is 4.31. The molecule has 2 rings (SSSR count).